The van der Waals surface area contributed by atoms with Crippen LogP contribution in [0.3, 0.4) is 0 Å². The SMILES string of the molecule is CCCCCCCC/C=C\CCCCCCCC(=O)OC(COC(=O)CCCCCCCCCCCCCCC)COP(=O)(O)O[CH]([SnH3])C[N+](C)(C)C. The fourth-order valence-corrected chi connectivity index (χ4v) is 12.8. The van der Waals surface area contributed by atoms with Crippen LogP contribution in [0.25, 0.3) is 0 Å². The van der Waals surface area contributed by atoms with Crippen molar-refractivity contribution in [3.05, 3.63) is 12.2 Å². The first-order chi connectivity index (χ1) is 25.4. The van der Waals surface area contributed by atoms with Crippen LogP contribution in [0.2, 0.25) is 0 Å². The van der Waals surface area contributed by atoms with E-state index in [2.05, 4.69) is 26.0 Å². The summed E-state index contributed by atoms with van der Waals surface area (Å²) in [6.07, 6.45) is 35.4. The van der Waals surface area contributed by atoms with Gasteiger partial charge in [0.25, 0.3) is 0 Å². The summed E-state index contributed by atoms with van der Waals surface area (Å²) >= 11 is -0.0503. The number of hydrogen-bond donors (Lipinski definition) is 1. The predicted octanol–water partition coefficient (Wildman–Crippen LogP) is 10.5. The zero-order valence-corrected chi connectivity index (χ0v) is 42.0. The van der Waals surface area contributed by atoms with Gasteiger partial charge in [0.1, 0.15) is 0 Å². The third-order valence-electron chi connectivity index (χ3n) is 9.40. The van der Waals surface area contributed by atoms with E-state index in [1.807, 2.05) is 21.1 Å². The molecular formula is C42H85NO8PSn+. The van der Waals surface area contributed by atoms with Gasteiger partial charge in [0.05, 0.1) is 0 Å². The van der Waals surface area contributed by atoms with E-state index in [1.54, 1.807) is 0 Å². The zero-order chi connectivity index (χ0) is 39.5. The molecule has 3 atom stereocenters. The fourth-order valence-electron chi connectivity index (χ4n) is 6.49. The Labute approximate surface area is 339 Å². The van der Waals surface area contributed by atoms with Gasteiger partial charge in [-0.2, -0.15) is 0 Å². The molecule has 0 spiro atoms. The quantitative estimate of drug-likeness (QED) is 0.0162. The van der Waals surface area contributed by atoms with Crippen molar-refractivity contribution in [1.29, 1.82) is 0 Å². The number of phosphoric ester groups is 1. The third-order valence-corrected chi connectivity index (χ3v) is 13.3. The second kappa shape index (κ2) is 35.9. The Morgan fingerprint density at radius 3 is 1.45 bits per heavy atom. The van der Waals surface area contributed by atoms with E-state index in [4.69, 9.17) is 18.5 Å². The number of unbranched alkanes of at least 4 members (excludes halogenated alkanes) is 23. The van der Waals surface area contributed by atoms with Gasteiger partial charge in [0, 0.05) is 0 Å². The number of carbonyl (C=O) groups excluding carboxylic acids is 2. The Balaban J connectivity index is 4.47. The van der Waals surface area contributed by atoms with E-state index in [0.29, 0.717) is 23.9 Å². The molecule has 314 valence electrons. The molecule has 0 aromatic carbocycles. The van der Waals surface area contributed by atoms with Crippen LogP contribution in [-0.4, -0.2) is 95.0 Å². The van der Waals surface area contributed by atoms with Crippen molar-refractivity contribution in [3.63, 3.8) is 0 Å². The van der Waals surface area contributed by atoms with Gasteiger partial charge in [-0.1, -0.05) is 135 Å². The molecule has 1 N–H and O–H groups in total. The molecule has 3 unspecified atom stereocenters. The molecule has 0 fully saturated rings. The van der Waals surface area contributed by atoms with Crippen molar-refractivity contribution in [2.24, 2.45) is 0 Å². The Bertz CT molecular complexity index is 945. The number of hydrogen-bond acceptors (Lipinski definition) is 7. The summed E-state index contributed by atoms with van der Waals surface area (Å²) in [5.41, 5.74) is 0. The first-order valence-corrected chi connectivity index (χ1v) is 26.6. The van der Waals surface area contributed by atoms with Gasteiger partial charge in [-0.15, -0.1) is 0 Å². The predicted molar refractivity (Wildman–Crippen MR) is 224 cm³/mol. The molecule has 9 nitrogen and oxygen atoms in total. The maximum atomic E-state index is 12.7. The topological polar surface area (TPSA) is 108 Å². The van der Waals surface area contributed by atoms with Gasteiger partial charge in [-0.05, 0) is 25.7 Å². The molecule has 0 aromatic rings. The number of likely N-dealkylation sites (N-methyl/N-ethyl adjacent to an activating group) is 1. The molecule has 53 heavy (non-hydrogen) atoms. The molecule has 0 saturated heterocycles. The Kier molecular flexibility index (Phi) is 35.6. The summed E-state index contributed by atoms with van der Waals surface area (Å²) in [6, 6.07) is 0. The Hall–Kier alpha value is -0.451. The average molecular weight is 882 g/mol. The van der Waals surface area contributed by atoms with Crippen LogP contribution in [0.15, 0.2) is 12.2 Å². The standard InChI is InChI=1S/C42H81NO8P.Sn.3H/c1-6-8-10-12-14-16-18-20-21-23-25-27-29-31-33-35-42(45)51-40(39-50-52(46,47)49-37-36-43(3,4)5)38-48-41(44)34-32-30-28-26-24-22-19-17-15-13-11-9-7-2;;;;/h20-21,37,40H,6-19,22-36,38-39H2,1-5H3;;;;/p+1/b21-20-;;;;. The molecule has 11 heteroatoms. The van der Waals surface area contributed by atoms with Gasteiger partial charge < -0.3 is 0 Å². The van der Waals surface area contributed by atoms with Gasteiger partial charge in [-0.25, -0.2) is 0 Å². The first kappa shape index (κ1) is 52.5. The molecule has 0 aromatic heterocycles. The zero-order valence-electron chi connectivity index (χ0n) is 35.4. The van der Waals surface area contributed by atoms with E-state index < -0.39 is 19.9 Å². The van der Waals surface area contributed by atoms with Crippen LogP contribution in [-0.2, 0) is 32.7 Å². The van der Waals surface area contributed by atoms with Crippen molar-refractivity contribution in [2.75, 3.05) is 40.9 Å². The molecular weight excluding hydrogens is 796 g/mol. The van der Waals surface area contributed by atoms with Crippen molar-refractivity contribution in [3.8, 4) is 0 Å². The summed E-state index contributed by atoms with van der Waals surface area (Å²) in [5.74, 6) is -0.785. The van der Waals surface area contributed by atoms with Crippen LogP contribution >= 0.6 is 7.82 Å². The molecule has 0 aliphatic heterocycles. The van der Waals surface area contributed by atoms with Crippen molar-refractivity contribution in [1.82, 2.24) is 0 Å². The second-order valence-electron chi connectivity index (χ2n) is 16.3. The number of ether oxygens (including phenoxy) is 2. The van der Waals surface area contributed by atoms with Crippen LogP contribution in [0.4, 0.5) is 0 Å². The summed E-state index contributed by atoms with van der Waals surface area (Å²) < 4.78 is 34.7. The molecule has 0 rings (SSSR count). The Morgan fingerprint density at radius 2 is 1.02 bits per heavy atom. The fraction of sp³-hybridized carbons (Fsp3) is 0.905. The molecule has 0 bridgehead atoms. The van der Waals surface area contributed by atoms with Crippen molar-refractivity contribution >= 4 is 42.3 Å². The summed E-state index contributed by atoms with van der Waals surface area (Å²) in [7, 11) is 1.61. The van der Waals surface area contributed by atoms with E-state index in [0.717, 1.165) is 51.4 Å². The number of carbonyl (C=O) groups is 2. The van der Waals surface area contributed by atoms with Gasteiger partial charge in [0.15, 0.2) is 0 Å². The molecule has 0 amide bonds. The maximum absolute atomic E-state index is 12.7. The minimum atomic E-state index is -4.37. The third kappa shape index (κ3) is 39.6. The van der Waals surface area contributed by atoms with E-state index >= 15 is 0 Å². The van der Waals surface area contributed by atoms with Crippen molar-refractivity contribution in [2.45, 2.75) is 204 Å². The molecule has 0 aliphatic carbocycles. The van der Waals surface area contributed by atoms with E-state index in [9.17, 15) is 19.0 Å². The monoisotopic (exact) mass is 883 g/mol. The molecule has 0 saturated carbocycles. The molecule has 0 heterocycles. The number of quaternary nitrogens is 1. The number of esters is 2. The normalized spacial score (nSPS) is 14.4. The van der Waals surface area contributed by atoms with E-state index in [1.165, 1.54) is 109 Å². The number of rotatable bonds is 39. The summed E-state index contributed by atoms with van der Waals surface area (Å²) in [5, 5.41) is 0. The first-order valence-electron chi connectivity index (χ1n) is 21.8. The van der Waals surface area contributed by atoms with Gasteiger partial charge in [-0.3, -0.25) is 0 Å². The average Bonchev–Trinajstić information content (AvgIpc) is 3.08. The summed E-state index contributed by atoms with van der Waals surface area (Å²) in [4.78, 5) is 35.6. The number of phosphoric acid groups is 1. The summed E-state index contributed by atoms with van der Waals surface area (Å²) in [6.45, 7) is 4.49. The number of allylic oxidation sites excluding steroid dienone is 2. The Morgan fingerprint density at radius 1 is 0.623 bits per heavy atom. The van der Waals surface area contributed by atoms with Crippen LogP contribution in [0.1, 0.15) is 194 Å². The van der Waals surface area contributed by atoms with Gasteiger partial charge in [0.2, 0.25) is 0 Å². The number of nitrogens with zero attached hydrogens (tertiary/aromatic N) is 1. The second-order valence-corrected chi connectivity index (χ2v) is 21.4. The minimum absolute atomic E-state index is 0.0503. The molecule has 0 aliphatic rings. The van der Waals surface area contributed by atoms with Gasteiger partial charge >= 0.3 is 180 Å². The van der Waals surface area contributed by atoms with E-state index in [-0.39, 0.29) is 52.2 Å². The van der Waals surface area contributed by atoms with Crippen LogP contribution in [0.5, 0.6) is 0 Å². The van der Waals surface area contributed by atoms with Crippen molar-refractivity contribution < 1.29 is 42.1 Å². The molecule has 0 radical (unpaired) electrons. The van der Waals surface area contributed by atoms with Crippen LogP contribution < -0.4 is 0 Å². The van der Waals surface area contributed by atoms with Crippen LogP contribution in [0, 0.1) is 0 Å².